The van der Waals surface area contributed by atoms with E-state index in [1.165, 1.54) is 11.3 Å². The van der Waals surface area contributed by atoms with Gasteiger partial charge in [-0.2, -0.15) is 0 Å². The smallest absolute Gasteiger partial charge is 0.358 e. The first-order valence-electron chi connectivity index (χ1n) is 8.71. The van der Waals surface area contributed by atoms with Gasteiger partial charge in [0.2, 0.25) is 0 Å². The number of nitrogens with zero attached hydrogens (tertiary/aromatic N) is 2. The van der Waals surface area contributed by atoms with Gasteiger partial charge < -0.3 is 9.64 Å². The van der Waals surface area contributed by atoms with E-state index in [4.69, 9.17) is 4.74 Å². The molecule has 1 aliphatic rings. The van der Waals surface area contributed by atoms with Gasteiger partial charge in [-0.25, -0.2) is 9.78 Å². The largest absolute Gasteiger partial charge is 0.451 e. The number of hydrogen-bond donors (Lipinski definition) is 0. The Morgan fingerprint density at radius 3 is 2.70 bits per heavy atom. The molecule has 6 heteroatoms. The molecular formula is C21H18N2O3S. The highest BCUT2D eigenvalue weighted by Crippen LogP contribution is 2.31. The monoisotopic (exact) mass is 378 g/mol. The van der Waals surface area contributed by atoms with Crippen molar-refractivity contribution in [1.82, 2.24) is 4.98 Å². The fourth-order valence-corrected chi connectivity index (χ4v) is 4.09. The van der Waals surface area contributed by atoms with Crippen LogP contribution in [0.25, 0.3) is 10.6 Å². The summed E-state index contributed by atoms with van der Waals surface area (Å²) in [5.41, 5.74) is 3.20. The van der Waals surface area contributed by atoms with Gasteiger partial charge in [-0.3, -0.25) is 4.79 Å². The summed E-state index contributed by atoms with van der Waals surface area (Å²) in [6, 6.07) is 17.5. The minimum atomic E-state index is -0.582. The number of carbonyl (C=O) groups is 2. The van der Waals surface area contributed by atoms with Crippen LogP contribution in [0.3, 0.4) is 0 Å². The summed E-state index contributed by atoms with van der Waals surface area (Å²) >= 11 is 1.37. The first kappa shape index (κ1) is 17.4. The number of para-hydroxylation sites is 1. The van der Waals surface area contributed by atoms with Crippen molar-refractivity contribution >= 4 is 28.9 Å². The number of thiazole rings is 1. The Labute approximate surface area is 161 Å². The molecule has 0 fully saturated rings. The average Bonchev–Trinajstić information content (AvgIpc) is 3.30. The number of benzene rings is 2. The first-order chi connectivity index (χ1) is 13.1. The summed E-state index contributed by atoms with van der Waals surface area (Å²) in [6.07, 6.45) is 0.808. The van der Waals surface area contributed by atoms with E-state index in [9.17, 15) is 9.59 Å². The molecule has 0 bridgehead atoms. The molecule has 3 aromatic rings. The van der Waals surface area contributed by atoms with Crippen molar-refractivity contribution in [2.24, 2.45) is 0 Å². The van der Waals surface area contributed by atoms with E-state index < -0.39 is 5.97 Å². The standard InChI is InChI=1S/C21H18N2O3S/c1-14-11-16-9-5-6-10-18(16)23(14)19(24)12-26-21(25)17-13-27-20(22-17)15-7-3-2-4-8-15/h2-10,13-14H,11-12H2,1H3/t14-/m1/s1. The molecule has 0 unspecified atom stereocenters. The molecule has 1 amide bonds. The third-order valence-electron chi connectivity index (χ3n) is 4.54. The Morgan fingerprint density at radius 2 is 1.89 bits per heavy atom. The van der Waals surface area contributed by atoms with Gasteiger partial charge in [-0.1, -0.05) is 48.5 Å². The van der Waals surface area contributed by atoms with Gasteiger partial charge >= 0.3 is 5.97 Å². The molecule has 2 aromatic carbocycles. The van der Waals surface area contributed by atoms with Crippen LogP contribution in [0.1, 0.15) is 23.0 Å². The fourth-order valence-electron chi connectivity index (χ4n) is 3.30. The number of ether oxygens (including phenoxy) is 1. The maximum atomic E-state index is 12.6. The van der Waals surface area contributed by atoms with Gasteiger partial charge in [0.25, 0.3) is 5.91 Å². The normalized spacial score (nSPS) is 15.4. The van der Waals surface area contributed by atoms with Gasteiger partial charge in [0.1, 0.15) is 5.01 Å². The molecule has 0 N–H and O–H groups in total. The van der Waals surface area contributed by atoms with E-state index in [0.717, 1.165) is 28.2 Å². The van der Waals surface area contributed by atoms with Crippen molar-refractivity contribution in [3.05, 3.63) is 71.2 Å². The number of esters is 1. The molecule has 0 spiro atoms. The van der Waals surface area contributed by atoms with Gasteiger partial charge in [0.05, 0.1) is 0 Å². The van der Waals surface area contributed by atoms with Crippen LogP contribution in [-0.4, -0.2) is 29.5 Å². The number of hydrogen-bond acceptors (Lipinski definition) is 5. The van der Waals surface area contributed by atoms with E-state index in [1.807, 2.05) is 61.5 Å². The molecule has 1 atom stereocenters. The van der Waals surface area contributed by atoms with E-state index in [-0.39, 0.29) is 24.2 Å². The maximum Gasteiger partial charge on any atom is 0.358 e. The predicted molar refractivity (Wildman–Crippen MR) is 105 cm³/mol. The van der Waals surface area contributed by atoms with Gasteiger partial charge in [-0.05, 0) is 25.0 Å². The molecule has 1 aliphatic heterocycles. The van der Waals surface area contributed by atoms with Crippen LogP contribution < -0.4 is 4.90 Å². The molecule has 136 valence electrons. The minimum Gasteiger partial charge on any atom is -0.451 e. The molecule has 0 saturated carbocycles. The topological polar surface area (TPSA) is 59.5 Å². The van der Waals surface area contributed by atoms with Crippen LogP contribution in [-0.2, 0) is 16.0 Å². The second-order valence-electron chi connectivity index (χ2n) is 6.43. The highest BCUT2D eigenvalue weighted by atomic mass is 32.1. The SMILES string of the molecule is C[C@@H]1Cc2ccccc2N1C(=O)COC(=O)c1csc(-c2ccccc2)n1. The summed E-state index contributed by atoms with van der Waals surface area (Å²) in [5, 5.41) is 2.40. The lowest BCUT2D eigenvalue weighted by molar-refractivity contribution is -0.122. The van der Waals surface area contributed by atoms with E-state index in [2.05, 4.69) is 4.98 Å². The predicted octanol–water partition coefficient (Wildman–Crippen LogP) is 3.94. The lowest BCUT2D eigenvalue weighted by Gasteiger charge is -2.22. The zero-order valence-corrected chi connectivity index (χ0v) is 15.6. The Balaban J connectivity index is 1.41. The molecule has 0 radical (unpaired) electrons. The molecule has 5 nitrogen and oxygen atoms in total. The van der Waals surface area contributed by atoms with Crippen molar-refractivity contribution in [1.29, 1.82) is 0 Å². The first-order valence-corrected chi connectivity index (χ1v) is 9.59. The quantitative estimate of drug-likeness (QED) is 0.645. The fraction of sp³-hybridized carbons (Fsp3) is 0.190. The van der Waals surface area contributed by atoms with Crippen LogP contribution in [0.5, 0.6) is 0 Å². The number of fused-ring (bicyclic) bond motifs is 1. The van der Waals surface area contributed by atoms with Crippen molar-refractivity contribution in [3.63, 3.8) is 0 Å². The lowest BCUT2D eigenvalue weighted by atomic mass is 10.1. The minimum absolute atomic E-state index is 0.0533. The summed E-state index contributed by atoms with van der Waals surface area (Å²) in [5.74, 6) is -0.804. The Kier molecular flexibility index (Phi) is 4.73. The Morgan fingerprint density at radius 1 is 1.15 bits per heavy atom. The van der Waals surface area contributed by atoms with Crippen LogP contribution >= 0.6 is 11.3 Å². The van der Waals surface area contributed by atoms with Crippen LogP contribution in [0, 0.1) is 0 Å². The number of amides is 1. The van der Waals surface area contributed by atoms with E-state index >= 15 is 0 Å². The molecule has 0 aliphatic carbocycles. The third kappa shape index (κ3) is 3.48. The van der Waals surface area contributed by atoms with Gasteiger partial charge in [0, 0.05) is 22.7 Å². The number of anilines is 1. The Hall–Kier alpha value is -2.99. The van der Waals surface area contributed by atoms with Crippen LogP contribution in [0.15, 0.2) is 60.0 Å². The number of aromatic nitrogens is 1. The average molecular weight is 378 g/mol. The van der Waals surface area contributed by atoms with Crippen molar-refractivity contribution in [3.8, 4) is 10.6 Å². The molecule has 27 heavy (non-hydrogen) atoms. The summed E-state index contributed by atoms with van der Waals surface area (Å²) < 4.78 is 5.23. The third-order valence-corrected chi connectivity index (χ3v) is 5.43. The summed E-state index contributed by atoms with van der Waals surface area (Å²) in [7, 11) is 0. The highest BCUT2D eigenvalue weighted by Gasteiger charge is 2.31. The summed E-state index contributed by atoms with van der Waals surface area (Å²) in [4.78, 5) is 30.9. The van der Waals surface area contributed by atoms with Gasteiger partial charge in [0.15, 0.2) is 12.3 Å². The van der Waals surface area contributed by atoms with Crippen molar-refractivity contribution in [2.45, 2.75) is 19.4 Å². The van der Waals surface area contributed by atoms with Crippen molar-refractivity contribution < 1.29 is 14.3 Å². The molecule has 0 saturated heterocycles. The number of rotatable bonds is 4. The second-order valence-corrected chi connectivity index (χ2v) is 7.28. The van der Waals surface area contributed by atoms with Crippen LogP contribution in [0.4, 0.5) is 5.69 Å². The molecule has 4 rings (SSSR count). The van der Waals surface area contributed by atoms with Crippen LogP contribution in [0.2, 0.25) is 0 Å². The van der Waals surface area contributed by atoms with Crippen molar-refractivity contribution in [2.75, 3.05) is 11.5 Å². The second kappa shape index (κ2) is 7.32. The lowest BCUT2D eigenvalue weighted by Crippen LogP contribution is -2.38. The van der Waals surface area contributed by atoms with Gasteiger partial charge in [-0.15, -0.1) is 11.3 Å². The van der Waals surface area contributed by atoms with E-state index in [0.29, 0.717) is 0 Å². The number of carbonyl (C=O) groups excluding carboxylic acids is 2. The zero-order valence-electron chi connectivity index (χ0n) is 14.8. The molecule has 2 heterocycles. The maximum absolute atomic E-state index is 12.6. The molecule has 1 aromatic heterocycles. The zero-order chi connectivity index (χ0) is 18.8. The molecular weight excluding hydrogens is 360 g/mol. The van der Waals surface area contributed by atoms with E-state index in [1.54, 1.807) is 10.3 Å². The Bertz CT molecular complexity index is 984. The summed E-state index contributed by atoms with van der Waals surface area (Å²) in [6.45, 7) is 1.70. The highest BCUT2D eigenvalue weighted by molar-refractivity contribution is 7.13.